The summed E-state index contributed by atoms with van der Waals surface area (Å²) >= 11 is 5.79. The Kier molecular flexibility index (Phi) is 3.20. The van der Waals surface area contributed by atoms with Crippen molar-refractivity contribution in [1.29, 1.82) is 0 Å². The van der Waals surface area contributed by atoms with Crippen molar-refractivity contribution in [2.45, 2.75) is 26.2 Å². The molecule has 2 nitrogen and oxygen atoms in total. The molecule has 0 unspecified atom stereocenters. The van der Waals surface area contributed by atoms with Crippen molar-refractivity contribution in [3.05, 3.63) is 41.1 Å². The molecule has 4 heteroatoms. The quantitative estimate of drug-likeness (QED) is 0.757. The lowest BCUT2D eigenvalue weighted by atomic mass is 9.96. The number of halogens is 2. The number of rotatable bonds is 1. The fraction of sp³-hybridized carbons (Fsp3) is 0.357. The van der Waals surface area contributed by atoms with E-state index in [4.69, 9.17) is 11.6 Å². The van der Waals surface area contributed by atoms with Gasteiger partial charge >= 0.3 is 0 Å². The standard InChI is InChI=1S/C14H16ClFN2/c1-14(2,3)13-17-12(8-18(13)4)9-5-6-11(16)10(15)7-9/h5-8H,1-4H3. The average molecular weight is 267 g/mol. The highest BCUT2D eigenvalue weighted by molar-refractivity contribution is 6.31. The third kappa shape index (κ3) is 2.41. The van der Waals surface area contributed by atoms with E-state index in [0.717, 1.165) is 17.1 Å². The molecule has 0 fully saturated rings. The molecule has 0 aliphatic heterocycles. The predicted molar refractivity (Wildman–Crippen MR) is 72.3 cm³/mol. The van der Waals surface area contributed by atoms with E-state index in [2.05, 4.69) is 25.8 Å². The number of aryl methyl sites for hydroxylation is 1. The van der Waals surface area contributed by atoms with Gasteiger partial charge in [-0.15, -0.1) is 0 Å². The van der Waals surface area contributed by atoms with Gasteiger partial charge in [0.25, 0.3) is 0 Å². The van der Waals surface area contributed by atoms with Gasteiger partial charge in [0.2, 0.25) is 0 Å². The lowest BCUT2D eigenvalue weighted by Gasteiger charge is -2.17. The van der Waals surface area contributed by atoms with Crippen molar-refractivity contribution in [2.75, 3.05) is 0 Å². The van der Waals surface area contributed by atoms with Gasteiger partial charge in [0.1, 0.15) is 11.6 Å². The maximum Gasteiger partial charge on any atom is 0.141 e. The second-order valence-electron chi connectivity index (χ2n) is 5.44. The number of imidazole rings is 1. The van der Waals surface area contributed by atoms with E-state index in [1.54, 1.807) is 12.1 Å². The lowest BCUT2D eigenvalue weighted by Crippen LogP contribution is -2.17. The number of hydrogen-bond donors (Lipinski definition) is 0. The second-order valence-corrected chi connectivity index (χ2v) is 5.85. The second kappa shape index (κ2) is 4.39. The van der Waals surface area contributed by atoms with Crippen molar-refractivity contribution in [1.82, 2.24) is 9.55 Å². The molecular formula is C14H16ClFN2. The molecule has 96 valence electrons. The molecule has 0 bridgehead atoms. The minimum Gasteiger partial charge on any atom is -0.337 e. The Morgan fingerprint density at radius 1 is 1.28 bits per heavy atom. The molecule has 2 aromatic rings. The molecular weight excluding hydrogens is 251 g/mol. The summed E-state index contributed by atoms with van der Waals surface area (Å²) in [5, 5.41) is 0.121. The van der Waals surface area contributed by atoms with Crippen LogP contribution in [0.25, 0.3) is 11.3 Å². The Morgan fingerprint density at radius 2 is 1.94 bits per heavy atom. The van der Waals surface area contributed by atoms with E-state index in [0.29, 0.717) is 0 Å². The van der Waals surface area contributed by atoms with E-state index < -0.39 is 5.82 Å². The molecule has 2 rings (SSSR count). The van der Waals surface area contributed by atoms with Crippen LogP contribution in [0.3, 0.4) is 0 Å². The monoisotopic (exact) mass is 266 g/mol. The zero-order valence-corrected chi connectivity index (χ0v) is 11.7. The first-order chi connectivity index (χ1) is 8.29. The Hall–Kier alpha value is -1.35. The van der Waals surface area contributed by atoms with Crippen LogP contribution < -0.4 is 0 Å². The van der Waals surface area contributed by atoms with Crippen LogP contribution in [0, 0.1) is 5.82 Å². The van der Waals surface area contributed by atoms with E-state index >= 15 is 0 Å². The first kappa shape index (κ1) is 13.1. The third-order valence-electron chi connectivity index (χ3n) is 2.76. The number of aromatic nitrogens is 2. The Bertz CT molecular complexity index is 582. The molecule has 0 saturated carbocycles. The minimum atomic E-state index is -0.410. The largest absolute Gasteiger partial charge is 0.337 e. The normalized spacial score (nSPS) is 11.9. The fourth-order valence-electron chi connectivity index (χ4n) is 1.96. The van der Waals surface area contributed by atoms with Gasteiger partial charge in [-0.05, 0) is 18.2 Å². The van der Waals surface area contributed by atoms with Crippen LogP contribution >= 0.6 is 11.6 Å². The van der Waals surface area contributed by atoms with Gasteiger partial charge in [-0.1, -0.05) is 32.4 Å². The summed E-state index contributed by atoms with van der Waals surface area (Å²) in [5.41, 5.74) is 1.61. The smallest absolute Gasteiger partial charge is 0.141 e. The van der Waals surface area contributed by atoms with Gasteiger partial charge in [-0.2, -0.15) is 0 Å². The zero-order valence-electron chi connectivity index (χ0n) is 11.0. The van der Waals surface area contributed by atoms with Crippen LogP contribution in [0.15, 0.2) is 24.4 Å². The topological polar surface area (TPSA) is 17.8 Å². The van der Waals surface area contributed by atoms with Crippen molar-refractivity contribution >= 4 is 11.6 Å². The van der Waals surface area contributed by atoms with Crippen LogP contribution in [0.1, 0.15) is 26.6 Å². The molecule has 0 aliphatic carbocycles. The zero-order chi connectivity index (χ0) is 13.5. The Morgan fingerprint density at radius 3 is 2.44 bits per heavy atom. The van der Waals surface area contributed by atoms with Crippen LogP contribution in [-0.2, 0) is 12.5 Å². The van der Waals surface area contributed by atoms with E-state index in [9.17, 15) is 4.39 Å². The predicted octanol–water partition coefficient (Wildman–Crippen LogP) is 4.18. The highest BCUT2D eigenvalue weighted by atomic mass is 35.5. The van der Waals surface area contributed by atoms with Gasteiger partial charge in [0.15, 0.2) is 0 Å². The number of benzene rings is 1. The summed E-state index contributed by atoms with van der Waals surface area (Å²) in [6, 6.07) is 4.66. The molecule has 1 aromatic heterocycles. The van der Waals surface area contributed by atoms with Gasteiger partial charge < -0.3 is 4.57 Å². The minimum absolute atomic E-state index is 0.0309. The molecule has 1 aromatic carbocycles. The summed E-state index contributed by atoms with van der Waals surface area (Å²) in [5.74, 6) is 0.574. The Labute approximate surface area is 111 Å². The highest BCUT2D eigenvalue weighted by Gasteiger charge is 2.20. The van der Waals surface area contributed by atoms with E-state index in [1.807, 2.05) is 17.8 Å². The SMILES string of the molecule is Cn1cc(-c2ccc(F)c(Cl)c2)nc1C(C)(C)C. The maximum atomic E-state index is 13.1. The Balaban J connectivity index is 2.49. The van der Waals surface area contributed by atoms with Crippen LogP contribution in [0.5, 0.6) is 0 Å². The molecule has 0 saturated heterocycles. The number of nitrogens with zero attached hydrogens (tertiary/aromatic N) is 2. The van der Waals surface area contributed by atoms with Crippen LogP contribution in [0.4, 0.5) is 4.39 Å². The first-order valence-corrected chi connectivity index (χ1v) is 6.16. The van der Waals surface area contributed by atoms with Gasteiger partial charge in [0.05, 0.1) is 10.7 Å². The molecule has 1 heterocycles. The van der Waals surface area contributed by atoms with Crippen molar-refractivity contribution in [2.24, 2.45) is 7.05 Å². The fourth-order valence-corrected chi connectivity index (χ4v) is 2.14. The van der Waals surface area contributed by atoms with E-state index in [-0.39, 0.29) is 10.4 Å². The third-order valence-corrected chi connectivity index (χ3v) is 3.05. The molecule has 0 N–H and O–H groups in total. The van der Waals surface area contributed by atoms with E-state index in [1.165, 1.54) is 6.07 Å². The number of hydrogen-bond acceptors (Lipinski definition) is 1. The van der Waals surface area contributed by atoms with Crippen molar-refractivity contribution in [3.8, 4) is 11.3 Å². The first-order valence-electron chi connectivity index (χ1n) is 5.78. The molecule has 0 spiro atoms. The van der Waals surface area contributed by atoms with Crippen LogP contribution in [-0.4, -0.2) is 9.55 Å². The molecule has 0 aliphatic rings. The lowest BCUT2D eigenvalue weighted by molar-refractivity contribution is 0.523. The summed E-state index contributed by atoms with van der Waals surface area (Å²) in [6.07, 6.45) is 1.93. The van der Waals surface area contributed by atoms with Crippen molar-refractivity contribution < 1.29 is 4.39 Å². The molecule has 18 heavy (non-hydrogen) atoms. The molecule has 0 amide bonds. The highest BCUT2D eigenvalue weighted by Crippen LogP contribution is 2.27. The van der Waals surface area contributed by atoms with Gasteiger partial charge in [-0.25, -0.2) is 9.37 Å². The van der Waals surface area contributed by atoms with Crippen molar-refractivity contribution in [3.63, 3.8) is 0 Å². The summed E-state index contributed by atoms with van der Waals surface area (Å²) in [4.78, 5) is 4.60. The summed E-state index contributed by atoms with van der Waals surface area (Å²) in [6.45, 7) is 6.32. The molecule has 0 radical (unpaired) electrons. The summed E-state index contributed by atoms with van der Waals surface area (Å²) in [7, 11) is 1.96. The van der Waals surface area contributed by atoms with Crippen LogP contribution in [0.2, 0.25) is 5.02 Å². The summed E-state index contributed by atoms with van der Waals surface area (Å²) < 4.78 is 15.1. The average Bonchev–Trinajstić information content (AvgIpc) is 2.64. The van der Waals surface area contributed by atoms with Gasteiger partial charge in [-0.3, -0.25) is 0 Å². The maximum absolute atomic E-state index is 13.1. The molecule has 0 atom stereocenters. The van der Waals surface area contributed by atoms with Gasteiger partial charge in [0, 0.05) is 24.2 Å².